The molecule has 0 radical (unpaired) electrons. The van der Waals surface area contributed by atoms with Crippen molar-refractivity contribution < 1.29 is 38.3 Å². The van der Waals surface area contributed by atoms with Crippen molar-refractivity contribution >= 4 is 5.91 Å². The van der Waals surface area contributed by atoms with E-state index in [0.29, 0.717) is 19.4 Å². The van der Waals surface area contributed by atoms with Crippen LogP contribution in [0, 0.1) is 11.3 Å². The third-order valence-corrected chi connectivity index (χ3v) is 7.54. The van der Waals surface area contributed by atoms with Gasteiger partial charge in [0.1, 0.15) is 6.10 Å². The maximum absolute atomic E-state index is 13.1. The summed E-state index contributed by atoms with van der Waals surface area (Å²) in [4.78, 5) is 13.1. The van der Waals surface area contributed by atoms with Crippen LogP contribution in [0.3, 0.4) is 0 Å². The van der Waals surface area contributed by atoms with Gasteiger partial charge in [-0.05, 0) is 25.2 Å². The lowest BCUT2D eigenvalue weighted by Gasteiger charge is -2.46. The molecule has 8 atom stereocenters. The molecule has 9 nitrogen and oxygen atoms in total. The fourth-order valence-corrected chi connectivity index (χ4v) is 4.78. The van der Waals surface area contributed by atoms with E-state index in [-0.39, 0.29) is 42.2 Å². The number of nitrogens with one attached hydrogen (secondary N) is 1. The van der Waals surface area contributed by atoms with Crippen molar-refractivity contribution in [3.8, 4) is 0 Å². The van der Waals surface area contributed by atoms with E-state index in [0.717, 1.165) is 12.0 Å². The van der Waals surface area contributed by atoms with E-state index in [1.54, 1.807) is 14.2 Å². The number of aliphatic hydroxyl groups is 1. The normalized spacial score (nSPS) is 34.3. The number of carbonyl (C=O) groups is 1. The molecule has 0 spiro atoms. The number of amides is 1. The number of aliphatic hydroxyl groups excluding tert-OH is 1. The third kappa shape index (κ3) is 6.57. The smallest absolute Gasteiger partial charge is 0.256 e. The van der Waals surface area contributed by atoms with E-state index in [9.17, 15) is 9.90 Å². The molecule has 198 valence electrons. The highest BCUT2D eigenvalue weighted by Crippen LogP contribution is 2.40. The molecule has 9 heteroatoms. The quantitative estimate of drug-likeness (QED) is 0.338. The van der Waals surface area contributed by atoms with Gasteiger partial charge in [0.05, 0.1) is 24.9 Å². The van der Waals surface area contributed by atoms with Crippen LogP contribution < -0.4 is 5.32 Å². The monoisotopic (exact) mass is 487 g/mol. The fraction of sp³-hybridized carbons (Fsp3) is 0.880. The molecule has 2 aliphatic heterocycles. The number of carbonyl (C=O) groups excluding carboxylic acids is 1. The average molecular weight is 488 g/mol. The largest absolute Gasteiger partial charge is 0.382 e. The number of hydrogen-bond acceptors (Lipinski definition) is 8. The molecule has 0 aromatic heterocycles. The van der Waals surface area contributed by atoms with Crippen LogP contribution >= 0.6 is 0 Å². The highest BCUT2D eigenvalue weighted by atomic mass is 16.7. The summed E-state index contributed by atoms with van der Waals surface area (Å²) in [5, 5.41) is 13.8. The number of ether oxygens (including phenoxy) is 6. The number of rotatable bonds is 11. The summed E-state index contributed by atoms with van der Waals surface area (Å²) < 4.78 is 34.4. The van der Waals surface area contributed by atoms with Gasteiger partial charge in [0.2, 0.25) is 5.79 Å². The third-order valence-electron chi connectivity index (χ3n) is 7.54. The van der Waals surface area contributed by atoms with Gasteiger partial charge in [-0.3, -0.25) is 4.79 Å². The topological polar surface area (TPSA) is 105 Å². The van der Waals surface area contributed by atoms with Crippen LogP contribution in [0.2, 0.25) is 0 Å². The Morgan fingerprint density at radius 1 is 1.24 bits per heavy atom. The second-order valence-corrected chi connectivity index (χ2v) is 10.3. The van der Waals surface area contributed by atoms with Crippen LogP contribution in [0.1, 0.15) is 53.4 Å². The van der Waals surface area contributed by atoms with Gasteiger partial charge in [-0.2, -0.15) is 0 Å². The van der Waals surface area contributed by atoms with Crippen LogP contribution in [0.5, 0.6) is 0 Å². The van der Waals surface area contributed by atoms with Crippen LogP contribution in [0.15, 0.2) is 12.2 Å². The minimum atomic E-state index is -1.57. The summed E-state index contributed by atoms with van der Waals surface area (Å²) in [5.74, 6) is -2.06. The van der Waals surface area contributed by atoms with Crippen LogP contribution in [0.25, 0.3) is 0 Å². The first-order valence-electron chi connectivity index (χ1n) is 12.0. The Balaban J connectivity index is 2.10. The Morgan fingerprint density at radius 3 is 2.44 bits per heavy atom. The van der Waals surface area contributed by atoms with Crippen molar-refractivity contribution in [2.24, 2.45) is 11.3 Å². The maximum Gasteiger partial charge on any atom is 0.256 e. The summed E-state index contributed by atoms with van der Waals surface area (Å²) in [6.45, 7) is 12.7. The second kappa shape index (κ2) is 12.3. The molecule has 2 N–H and O–H groups in total. The van der Waals surface area contributed by atoms with Crippen molar-refractivity contribution in [1.29, 1.82) is 0 Å². The van der Waals surface area contributed by atoms with Crippen molar-refractivity contribution in [3.63, 3.8) is 0 Å². The molecule has 2 fully saturated rings. The Labute approximate surface area is 204 Å². The molecule has 2 rings (SSSR count). The van der Waals surface area contributed by atoms with Gasteiger partial charge >= 0.3 is 0 Å². The van der Waals surface area contributed by atoms with Gasteiger partial charge < -0.3 is 38.8 Å². The Morgan fingerprint density at radius 2 is 1.91 bits per heavy atom. The van der Waals surface area contributed by atoms with Gasteiger partial charge in [-0.25, -0.2) is 0 Å². The summed E-state index contributed by atoms with van der Waals surface area (Å²) >= 11 is 0. The second-order valence-electron chi connectivity index (χ2n) is 10.3. The Kier molecular flexibility index (Phi) is 10.5. The van der Waals surface area contributed by atoms with E-state index in [4.69, 9.17) is 28.4 Å². The van der Waals surface area contributed by atoms with E-state index >= 15 is 0 Å². The molecule has 0 saturated carbocycles. The maximum atomic E-state index is 13.1. The van der Waals surface area contributed by atoms with Crippen molar-refractivity contribution in [2.75, 3.05) is 35.0 Å². The van der Waals surface area contributed by atoms with Gasteiger partial charge in [-0.15, -0.1) is 0 Å². The first-order valence-corrected chi connectivity index (χ1v) is 12.0. The van der Waals surface area contributed by atoms with Gasteiger partial charge in [0.15, 0.2) is 12.3 Å². The predicted molar refractivity (Wildman–Crippen MR) is 127 cm³/mol. The SMILES string of the molecule is C=C1C[C@](OC)([C@H](O)C(=O)N[C@@H](OC)[C@@H]2CCC(C)(C)[C@@H](C[C@@H](COC)OC)O2)O[C@H](C)[C@@H]1C. The highest BCUT2D eigenvalue weighted by molar-refractivity contribution is 5.82. The molecule has 2 saturated heterocycles. The lowest BCUT2D eigenvalue weighted by atomic mass is 9.76. The van der Waals surface area contributed by atoms with E-state index in [2.05, 4.69) is 25.7 Å². The van der Waals surface area contributed by atoms with Crippen molar-refractivity contribution in [3.05, 3.63) is 12.2 Å². The van der Waals surface area contributed by atoms with Crippen LogP contribution in [-0.2, 0) is 33.2 Å². The minimum absolute atomic E-state index is 0.0773. The molecule has 0 bridgehead atoms. The van der Waals surface area contributed by atoms with Crippen molar-refractivity contribution in [1.82, 2.24) is 5.32 Å². The molecule has 2 aliphatic rings. The van der Waals surface area contributed by atoms with E-state index in [1.807, 2.05) is 13.8 Å². The highest BCUT2D eigenvalue weighted by Gasteiger charge is 2.50. The standard InChI is InChI=1S/C25H45NO8/c1-15-13-25(32-9,34-17(3)16(15)2)21(27)22(28)26-23(31-8)19-10-11-24(4,5)20(33-19)12-18(30-7)14-29-6/h16-21,23,27H,1,10-14H2,2-9H3,(H,26,28)/t16-,17-,18+,19+,20-,21-,23+,25-/m1/s1. The molecule has 0 unspecified atom stereocenters. The molecular formula is C25H45NO8. The predicted octanol–water partition coefficient (Wildman–Crippen LogP) is 2.41. The zero-order valence-corrected chi connectivity index (χ0v) is 22.1. The fourth-order valence-electron chi connectivity index (χ4n) is 4.78. The molecule has 1 amide bonds. The minimum Gasteiger partial charge on any atom is -0.382 e. The van der Waals surface area contributed by atoms with Crippen LogP contribution in [0.4, 0.5) is 0 Å². The molecule has 0 aromatic rings. The van der Waals surface area contributed by atoms with Gasteiger partial charge in [0.25, 0.3) is 5.91 Å². The molecule has 0 aromatic carbocycles. The molecule has 0 aliphatic carbocycles. The van der Waals surface area contributed by atoms with E-state index < -0.39 is 24.0 Å². The summed E-state index contributed by atoms with van der Waals surface area (Å²) in [7, 11) is 6.23. The first-order chi connectivity index (χ1) is 15.9. The van der Waals surface area contributed by atoms with Crippen molar-refractivity contribution in [2.45, 2.75) is 95.9 Å². The Bertz CT molecular complexity index is 686. The average Bonchev–Trinajstić information content (AvgIpc) is 2.80. The summed E-state index contributed by atoms with van der Waals surface area (Å²) in [5.41, 5.74) is 0.784. The number of methoxy groups -OCH3 is 4. The van der Waals surface area contributed by atoms with E-state index in [1.165, 1.54) is 14.2 Å². The summed E-state index contributed by atoms with van der Waals surface area (Å²) in [6.07, 6.45) is -0.752. The zero-order valence-electron chi connectivity index (χ0n) is 22.1. The Hall–Kier alpha value is -1.07. The van der Waals surface area contributed by atoms with Gasteiger partial charge in [-0.1, -0.05) is 32.9 Å². The molecular weight excluding hydrogens is 442 g/mol. The van der Waals surface area contributed by atoms with Gasteiger partial charge in [0, 0.05) is 47.2 Å². The summed E-state index contributed by atoms with van der Waals surface area (Å²) in [6, 6.07) is 0. The molecule has 2 heterocycles. The molecule has 34 heavy (non-hydrogen) atoms. The lowest BCUT2D eigenvalue weighted by molar-refractivity contribution is -0.298. The number of hydrogen-bond donors (Lipinski definition) is 2. The first kappa shape index (κ1) is 29.2. The zero-order chi connectivity index (χ0) is 25.7. The van der Waals surface area contributed by atoms with Crippen LogP contribution in [-0.4, -0.2) is 88.6 Å². The lowest BCUT2D eigenvalue weighted by Crippen LogP contribution is -2.61.